The van der Waals surface area contributed by atoms with Crippen LogP contribution in [0.3, 0.4) is 0 Å². The summed E-state index contributed by atoms with van der Waals surface area (Å²) in [7, 11) is 0. The molecule has 4 heteroatoms. The minimum Gasteiger partial charge on any atom is -0.381 e. The monoisotopic (exact) mass is 283 g/mol. The van der Waals surface area contributed by atoms with E-state index in [1.54, 1.807) is 6.20 Å². The Hall–Kier alpha value is -2.36. The van der Waals surface area contributed by atoms with Gasteiger partial charge in [0.15, 0.2) is 0 Å². The first kappa shape index (κ1) is 15.0. The summed E-state index contributed by atoms with van der Waals surface area (Å²) in [6.45, 7) is 7.33. The van der Waals surface area contributed by atoms with Gasteiger partial charge in [0, 0.05) is 36.7 Å². The second-order valence-electron chi connectivity index (χ2n) is 5.04. The van der Waals surface area contributed by atoms with Crippen LogP contribution in [0.25, 0.3) is 0 Å². The molecule has 0 bridgehead atoms. The quantitative estimate of drug-likeness (QED) is 0.886. The number of anilines is 1. The molecule has 1 amide bonds. The van der Waals surface area contributed by atoms with Crippen molar-refractivity contribution in [1.82, 2.24) is 10.3 Å². The van der Waals surface area contributed by atoms with Crippen LogP contribution in [0.2, 0.25) is 0 Å². The molecular weight excluding hydrogens is 262 g/mol. The van der Waals surface area contributed by atoms with E-state index in [1.807, 2.05) is 44.3 Å². The molecule has 1 aromatic carbocycles. The van der Waals surface area contributed by atoms with Gasteiger partial charge in [0.05, 0.1) is 0 Å². The van der Waals surface area contributed by atoms with Crippen molar-refractivity contribution in [3.8, 4) is 0 Å². The number of aryl methyl sites for hydroxylation is 2. The zero-order valence-electron chi connectivity index (χ0n) is 12.7. The number of rotatable bonds is 5. The van der Waals surface area contributed by atoms with E-state index in [0.29, 0.717) is 18.7 Å². The Bertz CT molecular complexity index is 638. The molecule has 0 unspecified atom stereocenters. The summed E-state index contributed by atoms with van der Waals surface area (Å²) in [6.07, 6.45) is 3.66. The molecule has 21 heavy (non-hydrogen) atoms. The third-order valence-corrected chi connectivity index (χ3v) is 3.45. The molecule has 0 aliphatic heterocycles. The molecule has 0 aliphatic rings. The highest BCUT2D eigenvalue weighted by Gasteiger charge is 2.07. The fourth-order valence-electron chi connectivity index (χ4n) is 2.09. The molecule has 1 aromatic heterocycles. The lowest BCUT2D eigenvalue weighted by Gasteiger charge is -2.12. The predicted octanol–water partition coefficient (Wildman–Crippen LogP) is 3.06. The summed E-state index contributed by atoms with van der Waals surface area (Å²) in [4.78, 5) is 16.0. The molecule has 1 heterocycles. The molecule has 0 fully saturated rings. The molecule has 2 aromatic rings. The van der Waals surface area contributed by atoms with Gasteiger partial charge in [-0.05, 0) is 55.7 Å². The predicted molar refractivity (Wildman–Crippen MR) is 85.5 cm³/mol. The van der Waals surface area contributed by atoms with Crippen LogP contribution in [0.1, 0.15) is 34.0 Å². The third kappa shape index (κ3) is 3.81. The van der Waals surface area contributed by atoms with E-state index in [0.717, 1.165) is 16.8 Å². The Kier molecular flexibility index (Phi) is 4.93. The Morgan fingerprint density at radius 3 is 2.71 bits per heavy atom. The van der Waals surface area contributed by atoms with Crippen molar-refractivity contribution >= 4 is 11.6 Å². The van der Waals surface area contributed by atoms with Gasteiger partial charge in [0.1, 0.15) is 0 Å². The fraction of sp³-hybridized carbons (Fsp3) is 0.294. The van der Waals surface area contributed by atoms with Gasteiger partial charge in [-0.3, -0.25) is 9.78 Å². The number of nitrogens with zero attached hydrogens (tertiary/aromatic N) is 1. The Balaban J connectivity index is 2.14. The van der Waals surface area contributed by atoms with Crippen molar-refractivity contribution in [2.24, 2.45) is 0 Å². The normalized spacial score (nSPS) is 10.2. The van der Waals surface area contributed by atoms with Gasteiger partial charge >= 0.3 is 0 Å². The number of carbonyl (C=O) groups excluding carboxylic acids is 1. The first-order valence-corrected chi connectivity index (χ1v) is 7.14. The third-order valence-electron chi connectivity index (χ3n) is 3.45. The number of carbonyl (C=O) groups is 1. The summed E-state index contributed by atoms with van der Waals surface area (Å²) in [5.41, 5.74) is 5.12. The van der Waals surface area contributed by atoms with Gasteiger partial charge < -0.3 is 10.6 Å². The zero-order chi connectivity index (χ0) is 15.2. The first-order chi connectivity index (χ1) is 10.1. The summed E-state index contributed by atoms with van der Waals surface area (Å²) >= 11 is 0. The van der Waals surface area contributed by atoms with Crippen LogP contribution in [0, 0.1) is 13.8 Å². The summed E-state index contributed by atoms with van der Waals surface area (Å²) in [6, 6.07) is 7.70. The van der Waals surface area contributed by atoms with Gasteiger partial charge in [-0.25, -0.2) is 0 Å². The van der Waals surface area contributed by atoms with E-state index in [-0.39, 0.29) is 5.91 Å². The van der Waals surface area contributed by atoms with Crippen molar-refractivity contribution in [2.45, 2.75) is 27.3 Å². The van der Waals surface area contributed by atoms with Crippen molar-refractivity contribution in [1.29, 1.82) is 0 Å². The molecule has 0 saturated heterocycles. The maximum atomic E-state index is 11.9. The van der Waals surface area contributed by atoms with E-state index in [9.17, 15) is 4.79 Å². The summed E-state index contributed by atoms with van der Waals surface area (Å²) in [5, 5.41) is 6.20. The van der Waals surface area contributed by atoms with Crippen molar-refractivity contribution in [3.63, 3.8) is 0 Å². The van der Waals surface area contributed by atoms with Gasteiger partial charge in [-0.15, -0.1) is 0 Å². The fourth-order valence-corrected chi connectivity index (χ4v) is 2.09. The van der Waals surface area contributed by atoms with E-state index in [4.69, 9.17) is 0 Å². The first-order valence-electron chi connectivity index (χ1n) is 7.14. The standard InChI is InChI=1S/C17H21N3O/c1-4-19-17(21)14-6-5-13(3)16(9-14)20-11-15-10-18-8-7-12(15)2/h5-10,20H,4,11H2,1-3H3,(H,19,21). The molecule has 0 radical (unpaired) electrons. The molecular formula is C17H21N3O. The van der Waals surface area contributed by atoms with Crippen LogP contribution < -0.4 is 10.6 Å². The average Bonchev–Trinajstić information content (AvgIpc) is 2.48. The van der Waals surface area contributed by atoms with E-state index in [1.165, 1.54) is 5.56 Å². The number of nitrogens with one attached hydrogen (secondary N) is 2. The number of hydrogen-bond acceptors (Lipinski definition) is 3. The van der Waals surface area contributed by atoms with Crippen molar-refractivity contribution in [2.75, 3.05) is 11.9 Å². The van der Waals surface area contributed by atoms with Crippen LogP contribution >= 0.6 is 0 Å². The lowest BCUT2D eigenvalue weighted by Crippen LogP contribution is -2.22. The molecule has 2 N–H and O–H groups in total. The minimum absolute atomic E-state index is 0.0434. The number of hydrogen-bond donors (Lipinski definition) is 2. The Labute approximate surface area is 125 Å². The highest BCUT2D eigenvalue weighted by molar-refractivity contribution is 5.95. The summed E-state index contributed by atoms with van der Waals surface area (Å²) < 4.78 is 0. The Morgan fingerprint density at radius 1 is 1.19 bits per heavy atom. The second kappa shape index (κ2) is 6.88. The molecule has 2 rings (SSSR count). The maximum absolute atomic E-state index is 11.9. The van der Waals surface area contributed by atoms with E-state index in [2.05, 4.69) is 22.5 Å². The van der Waals surface area contributed by atoms with Gasteiger partial charge in [-0.1, -0.05) is 6.07 Å². The van der Waals surface area contributed by atoms with Crippen molar-refractivity contribution < 1.29 is 4.79 Å². The topological polar surface area (TPSA) is 54.0 Å². The molecule has 0 saturated carbocycles. The van der Waals surface area contributed by atoms with Crippen LogP contribution in [-0.4, -0.2) is 17.4 Å². The van der Waals surface area contributed by atoms with Gasteiger partial charge in [0.2, 0.25) is 0 Å². The average molecular weight is 283 g/mol. The number of aromatic nitrogens is 1. The highest BCUT2D eigenvalue weighted by Crippen LogP contribution is 2.18. The zero-order valence-corrected chi connectivity index (χ0v) is 12.7. The molecule has 0 spiro atoms. The van der Waals surface area contributed by atoms with E-state index >= 15 is 0 Å². The Morgan fingerprint density at radius 2 is 2.00 bits per heavy atom. The second-order valence-corrected chi connectivity index (χ2v) is 5.04. The molecule has 0 aliphatic carbocycles. The largest absolute Gasteiger partial charge is 0.381 e. The minimum atomic E-state index is -0.0434. The van der Waals surface area contributed by atoms with E-state index < -0.39 is 0 Å². The number of benzene rings is 1. The van der Waals surface area contributed by atoms with Crippen molar-refractivity contribution in [3.05, 3.63) is 58.9 Å². The van der Waals surface area contributed by atoms with Gasteiger partial charge in [-0.2, -0.15) is 0 Å². The SMILES string of the molecule is CCNC(=O)c1ccc(C)c(NCc2cnccc2C)c1. The highest BCUT2D eigenvalue weighted by atomic mass is 16.1. The summed E-state index contributed by atoms with van der Waals surface area (Å²) in [5.74, 6) is -0.0434. The van der Waals surface area contributed by atoms with Gasteiger partial charge in [0.25, 0.3) is 5.91 Å². The molecule has 0 atom stereocenters. The van der Waals surface area contributed by atoms with Crippen LogP contribution in [0.5, 0.6) is 0 Å². The maximum Gasteiger partial charge on any atom is 0.251 e. The molecule has 4 nitrogen and oxygen atoms in total. The number of amides is 1. The molecule has 110 valence electrons. The van der Waals surface area contributed by atoms with Crippen LogP contribution in [-0.2, 0) is 6.54 Å². The number of pyridine rings is 1. The smallest absolute Gasteiger partial charge is 0.251 e. The lowest BCUT2D eigenvalue weighted by molar-refractivity contribution is 0.0956. The lowest BCUT2D eigenvalue weighted by atomic mass is 10.1. The van der Waals surface area contributed by atoms with Crippen LogP contribution in [0.4, 0.5) is 5.69 Å². The van der Waals surface area contributed by atoms with Crippen LogP contribution in [0.15, 0.2) is 36.7 Å².